The number of fused-ring (bicyclic) bond motifs is 3. The van der Waals surface area contributed by atoms with E-state index in [1.54, 1.807) is 0 Å². The van der Waals surface area contributed by atoms with Crippen molar-refractivity contribution in [2.45, 2.75) is 0 Å². The predicted molar refractivity (Wildman–Crippen MR) is 288 cm³/mol. The fourth-order valence-corrected chi connectivity index (χ4v) is 9.85. The Hall–Kier alpha value is -8.98. The molecule has 0 bridgehead atoms. The van der Waals surface area contributed by atoms with Crippen molar-refractivity contribution in [2.24, 2.45) is 0 Å². The lowest BCUT2D eigenvalue weighted by molar-refractivity contribution is 1.14. The van der Waals surface area contributed by atoms with Crippen molar-refractivity contribution >= 4 is 38.7 Å². The van der Waals surface area contributed by atoms with E-state index in [9.17, 15) is 0 Å². The molecule has 0 saturated heterocycles. The summed E-state index contributed by atoms with van der Waals surface area (Å²) in [5.74, 6) is 0. The maximum Gasteiger partial charge on any atom is 0.0619 e. The summed E-state index contributed by atoms with van der Waals surface area (Å²) in [5.41, 5.74) is 19.9. The molecule has 1 heterocycles. The van der Waals surface area contributed by atoms with E-state index in [2.05, 4.69) is 289 Å². The van der Waals surface area contributed by atoms with Crippen molar-refractivity contribution in [3.8, 4) is 72.6 Å². The molecule has 1 aromatic heterocycles. The average molecular weight is 867 g/mol. The van der Waals surface area contributed by atoms with Crippen molar-refractivity contribution in [2.75, 3.05) is 4.90 Å². The van der Waals surface area contributed by atoms with Gasteiger partial charge in [-0.2, -0.15) is 0 Å². The first-order chi connectivity index (χ1) is 33.7. The second-order valence-electron chi connectivity index (χ2n) is 17.3. The normalized spacial score (nSPS) is 11.2. The van der Waals surface area contributed by atoms with Crippen LogP contribution in [0.5, 0.6) is 0 Å². The van der Waals surface area contributed by atoms with Crippen molar-refractivity contribution < 1.29 is 0 Å². The Balaban J connectivity index is 0.909. The van der Waals surface area contributed by atoms with Gasteiger partial charge in [-0.15, -0.1) is 0 Å². The highest BCUT2D eigenvalue weighted by atomic mass is 15.1. The third-order valence-electron chi connectivity index (χ3n) is 13.2. The maximum absolute atomic E-state index is 2.48. The van der Waals surface area contributed by atoms with Crippen LogP contribution in [-0.4, -0.2) is 4.57 Å². The molecular weight excluding hydrogens is 821 g/mol. The molecule has 320 valence electrons. The van der Waals surface area contributed by atoms with Crippen molar-refractivity contribution in [3.63, 3.8) is 0 Å². The zero-order chi connectivity index (χ0) is 45.2. The summed E-state index contributed by atoms with van der Waals surface area (Å²) in [7, 11) is 0. The van der Waals surface area contributed by atoms with Crippen molar-refractivity contribution in [1.82, 2.24) is 4.57 Å². The van der Waals surface area contributed by atoms with E-state index in [1.807, 2.05) is 0 Å². The van der Waals surface area contributed by atoms with Crippen LogP contribution < -0.4 is 4.90 Å². The first-order valence-corrected chi connectivity index (χ1v) is 23.3. The second-order valence-corrected chi connectivity index (χ2v) is 17.3. The van der Waals surface area contributed by atoms with E-state index in [0.717, 1.165) is 33.9 Å². The molecule has 0 aliphatic carbocycles. The third-order valence-corrected chi connectivity index (χ3v) is 13.2. The molecule has 12 rings (SSSR count). The summed E-state index contributed by atoms with van der Waals surface area (Å²) in [6.45, 7) is 0. The Kier molecular flexibility index (Phi) is 10.6. The fraction of sp³-hybridized carbons (Fsp3) is 0. The average Bonchev–Trinajstić information content (AvgIpc) is 3.79. The number of hydrogen-bond donors (Lipinski definition) is 0. The monoisotopic (exact) mass is 866 g/mol. The van der Waals surface area contributed by atoms with Gasteiger partial charge in [-0.25, -0.2) is 0 Å². The highest BCUT2D eigenvalue weighted by Crippen LogP contribution is 2.45. The third kappa shape index (κ3) is 7.64. The van der Waals surface area contributed by atoms with Crippen LogP contribution in [0.4, 0.5) is 17.1 Å². The van der Waals surface area contributed by atoms with E-state index < -0.39 is 0 Å². The first kappa shape index (κ1) is 40.5. The molecule has 0 radical (unpaired) electrons. The Morgan fingerprint density at radius 1 is 0.235 bits per heavy atom. The molecule has 0 unspecified atom stereocenters. The summed E-state index contributed by atoms with van der Waals surface area (Å²) in [5, 5.41) is 3.69. The van der Waals surface area contributed by atoms with Gasteiger partial charge in [-0.05, 0) is 110 Å². The standard InChI is InChI=1S/C66H46N2/c1-5-15-47(16-6-1)49-25-27-50(28-26-49)52-31-40-59(41-32-52)67(58-38-29-51(30-39-58)48-17-7-2-8-18-48)60-42-33-53(34-43-60)54-35-44-61(45-36-54)68-65(57-22-11-4-12-23-57)64(56-20-9-3-10-21-56)63-46-37-55-19-13-14-24-62(55)66(63)68/h1-46H. The van der Waals surface area contributed by atoms with Gasteiger partial charge in [-0.1, -0.05) is 231 Å². The molecule has 0 atom stereocenters. The molecule has 2 nitrogen and oxygen atoms in total. The number of nitrogens with zero attached hydrogens (tertiary/aromatic N) is 2. The minimum absolute atomic E-state index is 1.09. The maximum atomic E-state index is 2.48. The van der Waals surface area contributed by atoms with Gasteiger partial charge in [0.2, 0.25) is 0 Å². The Bertz CT molecular complexity index is 3640. The van der Waals surface area contributed by atoms with Gasteiger partial charge in [0.1, 0.15) is 0 Å². The fourth-order valence-electron chi connectivity index (χ4n) is 9.85. The van der Waals surface area contributed by atoms with E-state index in [-0.39, 0.29) is 0 Å². The molecule has 2 heteroatoms. The molecule has 0 amide bonds. The molecule has 0 fully saturated rings. The minimum Gasteiger partial charge on any atom is -0.311 e. The van der Waals surface area contributed by atoms with E-state index in [4.69, 9.17) is 0 Å². The van der Waals surface area contributed by atoms with Gasteiger partial charge < -0.3 is 9.47 Å². The number of aromatic nitrogens is 1. The summed E-state index contributed by atoms with van der Waals surface area (Å²) in [4.78, 5) is 2.35. The smallest absolute Gasteiger partial charge is 0.0619 e. The molecular formula is C66H46N2. The van der Waals surface area contributed by atoms with Gasteiger partial charge in [0.15, 0.2) is 0 Å². The van der Waals surface area contributed by atoms with Crippen molar-refractivity contribution in [1.29, 1.82) is 0 Å². The van der Waals surface area contributed by atoms with Crippen LogP contribution in [0.15, 0.2) is 279 Å². The van der Waals surface area contributed by atoms with Crippen molar-refractivity contribution in [3.05, 3.63) is 279 Å². The van der Waals surface area contributed by atoms with Crippen LogP contribution in [0.3, 0.4) is 0 Å². The van der Waals surface area contributed by atoms with Crippen LogP contribution in [0, 0.1) is 0 Å². The number of hydrogen-bond acceptors (Lipinski definition) is 1. The van der Waals surface area contributed by atoms with Gasteiger partial charge >= 0.3 is 0 Å². The Morgan fingerprint density at radius 3 is 1.01 bits per heavy atom. The van der Waals surface area contributed by atoms with Crippen LogP contribution in [0.2, 0.25) is 0 Å². The van der Waals surface area contributed by atoms with Gasteiger partial charge in [0.25, 0.3) is 0 Å². The summed E-state index contributed by atoms with van der Waals surface area (Å²) in [6.07, 6.45) is 0. The van der Waals surface area contributed by atoms with Gasteiger partial charge in [0, 0.05) is 39.1 Å². The molecule has 0 aliphatic rings. The van der Waals surface area contributed by atoms with Gasteiger partial charge in [-0.3, -0.25) is 0 Å². The minimum atomic E-state index is 1.09. The molecule has 68 heavy (non-hydrogen) atoms. The lowest BCUT2D eigenvalue weighted by Gasteiger charge is -2.26. The van der Waals surface area contributed by atoms with Crippen LogP contribution in [-0.2, 0) is 0 Å². The highest BCUT2D eigenvalue weighted by Gasteiger charge is 2.23. The van der Waals surface area contributed by atoms with Crippen LogP contribution in [0.1, 0.15) is 0 Å². The molecule has 0 saturated carbocycles. The summed E-state index contributed by atoms with van der Waals surface area (Å²) >= 11 is 0. The zero-order valence-electron chi connectivity index (χ0n) is 37.5. The highest BCUT2D eigenvalue weighted by molar-refractivity contribution is 6.16. The molecule has 0 N–H and O–H groups in total. The zero-order valence-corrected chi connectivity index (χ0v) is 37.5. The Morgan fingerprint density at radius 2 is 0.574 bits per heavy atom. The van der Waals surface area contributed by atoms with E-state index >= 15 is 0 Å². The molecule has 0 aliphatic heterocycles. The van der Waals surface area contributed by atoms with Crippen LogP contribution >= 0.6 is 0 Å². The molecule has 12 aromatic rings. The first-order valence-electron chi connectivity index (χ1n) is 23.3. The molecule has 0 spiro atoms. The van der Waals surface area contributed by atoms with E-state index in [0.29, 0.717) is 0 Å². The number of rotatable bonds is 10. The second kappa shape index (κ2) is 17.8. The summed E-state index contributed by atoms with van der Waals surface area (Å²) < 4.78 is 2.48. The predicted octanol–water partition coefficient (Wildman–Crippen LogP) is 18.3. The number of benzene rings is 11. The largest absolute Gasteiger partial charge is 0.311 e. The summed E-state index contributed by atoms with van der Waals surface area (Å²) in [6, 6.07) is 101. The number of anilines is 3. The lowest BCUT2D eigenvalue weighted by atomic mass is 9.97. The lowest BCUT2D eigenvalue weighted by Crippen LogP contribution is -2.09. The van der Waals surface area contributed by atoms with E-state index in [1.165, 1.54) is 77.4 Å². The van der Waals surface area contributed by atoms with Gasteiger partial charge in [0.05, 0.1) is 11.2 Å². The topological polar surface area (TPSA) is 8.17 Å². The molecule has 11 aromatic carbocycles. The SMILES string of the molecule is c1ccc(-c2ccc(-c3ccc(N(c4ccc(-c5ccccc5)cc4)c4ccc(-c5ccc(-n6c(-c7ccccc7)c(-c7ccccc7)c7ccc8ccccc8c76)cc5)cc4)cc3)cc2)cc1. The van der Waals surface area contributed by atoms with Crippen LogP contribution in [0.25, 0.3) is 94.3 Å². The Labute approximate surface area is 397 Å². The quantitative estimate of drug-likeness (QED) is 0.133.